The lowest BCUT2D eigenvalue weighted by Gasteiger charge is -2.25. The van der Waals surface area contributed by atoms with E-state index in [0.717, 1.165) is 5.56 Å². The number of aryl methyl sites for hydroxylation is 1. The van der Waals surface area contributed by atoms with Crippen LogP contribution in [0.15, 0.2) is 48.0 Å². The standard InChI is InChI=1S/C21H18ClN3O4S/c1-12-3-6-14(7-4-12)23-18(26)11-29-17-8-5-13(10-16(17)22)9-15-19(27)24-21(30)25(2)20(15)28/h3-10H,11H2,1-2H3,(H,23,26)(H,24,27,30)/b15-9+. The van der Waals surface area contributed by atoms with Crippen molar-refractivity contribution in [3.8, 4) is 5.75 Å². The molecule has 3 amide bonds. The van der Waals surface area contributed by atoms with E-state index >= 15 is 0 Å². The van der Waals surface area contributed by atoms with Gasteiger partial charge in [-0.25, -0.2) is 0 Å². The highest BCUT2D eigenvalue weighted by Gasteiger charge is 2.30. The summed E-state index contributed by atoms with van der Waals surface area (Å²) in [5.74, 6) is -1.11. The SMILES string of the molecule is Cc1ccc(NC(=O)COc2ccc(/C=C3\C(=O)NC(=S)N(C)C3=O)cc2Cl)cc1. The van der Waals surface area contributed by atoms with E-state index in [1.807, 2.05) is 19.1 Å². The van der Waals surface area contributed by atoms with Crippen molar-refractivity contribution in [2.24, 2.45) is 0 Å². The molecule has 0 aliphatic carbocycles. The van der Waals surface area contributed by atoms with Crippen LogP contribution in [0.3, 0.4) is 0 Å². The molecular formula is C21H18ClN3O4S. The zero-order valence-electron chi connectivity index (χ0n) is 16.2. The Morgan fingerprint density at radius 1 is 1.23 bits per heavy atom. The van der Waals surface area contributed by atoms with Crippen LogP contribution >= 0.6 is 23.8 Å². The molecule has 1 fully saturated rings. The number of anilines is 1. The second-order valence-electron chi connectivity index (χ2n) is 6.57. The van der Waals surface area contributed by atoms with Crippen LogP contribution in [0.4, 0.5) is 5.69 Å². The normalized spacial score (nSPS) is 15.2. The lowest BCUT2D eigenvalue weighted by atomic mass is 10.1. The van der Waals surface area contributed by atoms with Gasteiger partial charge >= 0.3 is 0 Å². The topological polar surface area (TPSA) is 87.7 Å². The maximum atomic E-state index is 12.3. The molecule has 3 rings (SSSR count). The lowest BCUT2D eigenvalue weighted by molar-refractivity contribution is -0.128. The van der Waals surface area contributed by atoms with Crippen molar-refractivity contribution in [3.05, 3.63) is 64.2 Å². The molecular weight excluding hydrogens is 426 g/mol. The minimum atomic E-state index is -0.577. The van der Waals surface area contributed by atoms with E-state index in [-0.39, 0.29) is 28.2 Å². The van der Waals surface area contributed by atoms with Gasteiger partial charge in [-0.1, -0.05) is 35.4 Å². The Labute approximate surface area is 183 Å². The summed E-state index contributed by atoms with van der Waals surface area (Å²) in [6, 6.07) is 12.1. The fraction of sp³-hybridized carbons (Fsp3) is 0.143. The molecule has 0 unspecified atom stereocenters. The summed E-state index contributed by atoms with van der Waals surface area (Å²) in [5.41, 5.74) is 2.22. The molecule has 1 aliphatic rings. The van der Waals surface area contributed by atoms with Gasteiger partial charge in [0.15, 0.2) is 11.7 Å². The number of likely N-dealkylation sites (N-methyl/N-ethyl adjacent to an activating group) is 1. The number of hydrogen-bond donors (Lipinski definition) is 2. The molecule has 1 aliphatic heterocycles. The Morgan fingerprint density at radius 2 is 1.93 bits per heavy atom. The van der Waals surface area contributed by atoms with Gasteiger partial charge in [-0.2, -0.15) is 0 Å². The number of nitrogens with one attached hydrogen (secondary N) is 2. The van der Waals surface area contributed by atoms with Gasteiger partial charge in [0.05, 0.1) is 5.02 Å². The summed E-state index contributed by atoms with van der Waals surface area (Å²) in [4.78, 5) is 37.5. The Balaban J connectivity index is 1.66. The molecule has 0 bridgehead atoms. The molecule has 0 spiro atoms. The number of amides is 3. The summed E-state index contributed by atoms with van der Waals surface area (Å²) >= 11 is 11.1. The number of rotatable bonds is 5. The van der Waals surface area contributed by atoms with Crippen molar-refractivity contribution in [1.82, 2.24) is 10.2 Å². The Kier molecular flexibility index (Phi) is 6.49. The highest BCUT2D eigenvalue weighted by atomic mass is 35.5. The Hall–Kier alpha value is -3.23. The van der Waals surface area contributed by atoms with Crippen LogP contribution in [0.1, 0.15) is 11.1 Å². The van der Waals surface area contributed by atoms with Gasteiger partial charge in [0, 0.05) is 12.7 Å². The first kappa shape index (κ1) is 21.5. The van der Waals surface area contributed by atoms with E-state index in [1.54, 1.807) is 24.3 Å². The van der Waals surface area contributed by atoms with Crippen LogP contribution in [-0.2, 0) is 14.4 Å². The molecule has 0 saturated carbocycles. The summed E-state index contributed by atoms with van der Waals surface area (Å²) in [6.45, 7) is 1.73. The number of ether oxygens (including phenoxy) is 1. The molecule has 1 saturated heterocycles. The number of benzene rings is 2. The lowest BCUT2D eigenvalue weighted by Crippen LogP contribution is -2.52. The predicted molar refractivity (Wildman–Crippen MR) is 118 cm³/mol. The Bertz CT molecular complexity index is 1070. The summed E-state index contributed by atoms with van der Waals surface area (Å²) in [5, 5.41) is 5.45. The number of thiocarbonyl (C=S) groups is 1. The van der Waals surface area contributed by atoms with Gasteiger partial charge in [0.1, 0.15) is 11.3 Å². The summed E-state index contributed by atoms with van der Waals surface area (Å²) < 4.78 is 5.48. The van der Waals surface area contributed by atoms with Crippen molar-refractivity contribution in [2.45, 2.75) is 6.92 Å². The number of hydrogen-bond acceptors (Lipinski definition) is 5. The smallest absolute Gasteiger partial charge is 0.265 e. The van der Waals surface area contributed by atoms with Gasteiger partial charge in [0.2, 0.25) is 0 Å². The maximum Gasteiger partial charge on any atom is 0.265 e. The average Bonchev–Trinajstić information content (AvgIpc) is 2.70. The molecule has 2 N–H and O–H groups in total. The largest absolute Gasteiger partial charge is 0.482 e. The van der Waals surface area contributed by atoms with E-state index in [9.17, 15) is 14.4 Å². The van der Waals surface area contributed by atoms with Crippen molar-refractivity contribution >= 4 is 58.4 Å². The van der Waals surface area contributed by atoms with E-state index in [1.165, 1.54) is 24.1 Å². The van der Waals surface area contributed by atoms with Crippen molar-refractivity contribution < 1.29 is 19.1 Å². The first-order chi connectivity index (χ1) is 14.2. The molecule has 7 nitrogen and oxygen atoms in total. The van der Waals surface area contributed by atoms with E-state index < -0.39 is 11.8 Å². The second kappa shape index (κ2) is 9.06. The molecule has 0 aromatic heterocycles. The number of nitrogens with zero attached hydrogens (tertiary/aromatic N) is 1. The fourth-order valence-corrected chi connectivity index (χ4v) is 3.03. The zero-order chi connectivity index (χ0) is 21.8. The van der Waals surface area contributed by atoms with Gasteiger partial charge in [0.25, 0.3) is 17.7 Å². The molecule has 154 valence electrons. The summed E-state index contributed by atoms with van der Waals surface area (Å²) in [7, 11) is 1.48. The molecule has 30 heavy (non-hydrogen) atoms. The first-order valence-electron chi connectivity index (χ1n) is 8.88. The highest BCUT2D eigenvalue weighted by molar-refractivity contribution is 7.80. The second-order valence-corrected chi connectivity index (χ2v) is 7.37. The van der Waals surface area contributed by atoms with E-state index in [2.05, 4.69) is 10.6 Å². The quantitative estimate of drug-likeness (QED) is 0.421. The molecule has 0 atom stereocenters. The van der Waals surface area contributed by atoms with Crippen LogP contribution in [-0.4, -0.2) is 41.4 Å². The minimum Gasteiger partial charge on any atom is -0.482 e. The van der Waals surface area contributed by atoms with Crippen LogP contribution in [0.25, 0.3) is 6.08 Å². The summed E-state index contributed by atoms with van der Waals surface area (Å²) in [6.07, 6.45) is 1.41. The fourth-order valence-electron chi connectivity index (χ4n) is 2.61. The van der Waals surface area contributed by atoms with Crippen molar-refractivity contribution in [1.29, 1.82) is 0 Å². The van der Waals surface area contributed by atoms with Gasteiger partial charge < -0.3 is 10.1 Å². The third-order valence-electron chi connectivity index (χ3n) is 4.27. The number of carbonyl (C=O) groups is 3. The molecule has 1 heterocycles. The molecule has 2 aromatic rings. The maximum absolute atomic E-state index is 12.3. The predicted octanol–water partition coefficient (Wildman–Crippen LogP) is 2.92. The minimum absolute atomic E-state index is 0.0489. The van der Waals surface area contributed by atoms with E-state index in [4.69, 9.17) is 28.6 Å². The molecule has 2 aromatic carbocycles. The molecule has 0 radical (unpaired) electrons. The number of carbonyl (C=O) groups excluding carboxylic acids is 3. The van der Waals surface area contributed by atoms with Crippen LogP contribution in [0, 0.1) is 6.92 Å². The Morgan fingerprint density at radius 3 is 2.60 bits per heavy atom. The van der Waals surface area contributed by atoms with Crippen LogP contribution in [0.5, 0.6) is 5.75 Å². The third kappa shape index (κ3) is 5.03. The van der Waals surface area contributed by atoms with Gasteiger partial charge in [-0.05, 0) is 55.0 Å². The molecule has 9 heteroatoms. The van der Waals surface area contributed by atoms with Gasteiger partial charge in [-0.3, -0.25) is 24.6 Å². The first-order valence-corrected chi connectivity index (χ1v) is 9.67. The van der Waals surface area contributed by atoms with Gasteiger partial charge in [-0.15, -0.1) is 0 Å². The van der Waals surface area contributed by atoms with Crippen molar-refractivity contribution in [2.75, 3.05) is 19.0 Å². The van der Waals surface area contributed by atoms with Crippen molar-refractivity contribution in [3.63, 3.8) is 0 Å². The zero-order valence-corrected chi connectivity index (χ0v) is 17.8. The van der Waals surface area contributed by atoms with Crippen LogP contribution in [0.2, 0.25) is 5.02 Å². The van der Waals surface area contributed by atoms with E-state index in [0.29, 0.717) is 17.0 Å². The third-order valence-corrected chi connectivity index (χ3v) is 4.94. The number of halogens is 1. The average molecular weight is 444 g/mol. The monoisotopic (exact) mass is 443 g/mol. The van der Waals surface area contributed by atoms with Crippen LogP contribution < -0.4 is 15.4 Å². The highest BCUT2D eigenvalue weighted by Crippen LogP contribution is 2.27.